The van der Waals surface area contributed by atoms with E-state index in [1.54, 1.807) is 66.7 Å². The Kier molecular flexibility index (Phi) is 12.6. The van der Waals surface area contributed by atoms with E-state index < -0.39 is 72.2 Å². The lowest BCUT2D eigenvalue weighted by molar-refractivity contribution is -0.149. The van der Waals surface area contributed by atoms with Crippen LogP contribution in [0.15, 0.2) is 66.7 Å². The number of amides is 6. The maximum Gasteiger partial charge on any atom is 0.246 e. The molecule has 0 aromatic heterocycles. The second-order valence-electron chi connectivity index (χ2n) is 13.8. The van der Waals surface area contributed by atoms with Crippen molar-refractivity contribution in [3.8, 4) is 23.0 Å². The molecule has 3 aliphatic heterocycles. The summed E-state index contributed by atoms with van der Waals surface area (Å²) in [7, 11) is 7.43. The summed E-state index contributed by atoms with van der Waals surface area (Å²) in [6.45, 7) is 2.49. The number of likely N-dealkylation sites (N-methyl/N-ethyl adjacent to an activating group) is 3. The molecule has 15 heteroatoms. The molecule has 3 aliphatic rings. The first-order chi connectivity index (χ1) is 26.2. The minimum atomic E-state index is -1.15. The maximum atomic E-state index is 14.6. The number of nitrogens with one attached hydrogen (secondary N) is 3. The SMILES string of the molecule is COc1ccc(C[C@H]2C(=O)N[C@H](C)C(=O)N(C)[C@H]3Cc4ccc(cc4)Oc4cc(ccc4OC)CC(C(=O)N[C@H](C)C(=O)NCC(=O)N2C)N(C)C3=O)cc1. The zero-order valence-corrected chi connectivity index (χ0v) is 32.1. The Labute approximate surface area is 320 Å². The van der Waals surface area contributed by atoms with Crippen LogP contribution in [0.25, 0.3) is 0 Å². The first kappa shape index (κ1) is 40.1. The Morgan fingerprint density at radius 1 is 0.673 bits per heavy atom. The third kappa shape index (κ3) is 9.34. The fourth-order valence-electron chi connectivity index (χ4n) is 6.59. The average Bonchev–Trinajstić information content (AvgIpc) is 3.18. The molecule has 1 unspecified atom stereocenters. The van der Waals surface area contributed by atoms with Crippen LogP contribution in [0.1, 0.15) is 30.5 Å². The molecule has 55 heavy (non-hydrogen) atoms. The minimum Gasteiger partial charge on any atom is -0.497 e. The smallest absolute Gasteiger partial charge is 0.246 e. The molecule has 15 nitrogen and oxygen atoms in total. The molecule has 292 valence electrons. The van der Waals surface area contributed by atoms with Crippen LogP contribution in [0.4, 0.5) is 0 Å². The van der Waals surface area contributed by atoms with Crippen LogP contribution in [0, 0.1) is 0 Å². The van der Waals surface area contributed by atoms with Gasteiger partial charge in [-0.2, -0.15) is 0 Å². The number of ether oxygens (including phenoxy) is 3. The Bertz CT molecular complexity index is 1920. The van der Waals surface area contributed by atoms with Gasteiger partial charge in [0.15, 0.2) is 11.5 Å². The number of methoxy groups -OCH3 is 2. The van der Waals surface area contributed by atoms with Gasteiger partial charge in [-0.05, 0) is 66.9 Å². The van der Waals surface area contributed by atoms with E-state index in [2.05, 4.69) is 16.0 Å². The second-order valence-corrected chi connectivity index (χ2v) is 13.8. The molecule has 0 spiro atoms. The topological polar surface area (TPSA) is 176 Å². The van der Waals surface area contributed by atoms with Crippen molar-refractivity contribution < 1.29 is 43.0 Å². The van der Waals surface area contributed by atoms with Crippen LogP contribution < -0.4 is 30.2 Å². The molecule has 6 amide bonds. The molecule has 3 heterocycles. The molecule has 0 radical (unpaired) electrons. The molecule has 6 rings (SSSR count). The summed E-state index contributed by atoms with van der Waals surface area (Å²) < 4.78 is 16.9. The quantitative estimate of drug-likeness (QED) is 0.356. The highest BCUT2D eigenvalue weighted by Crippen LogP contribution is 2.34. The Balaban J connectivity index is 1.56. The summed E-state index contributed by atoms with van der Waals surface area (Å²) >= 11 is 0. The summed E-state index contributed by atoms with van der Waals surface area (Å²) in [4.78, 5) is 87.3. The van der Waals surface area contributed by atoms with E-state index in [4.69, 9.17) is 14.2 Å². The van der Waals surface area contributed by atoms with Gasteiger partial charge in [0.05, 0.1) is 20.8 Å². The fraction of sp³-hybridized carbons (Fsp3) is 0.400. The predicted octanol–water partition coefficient (Wildman–Crippen LogP) is 1.46. The first-order valence-corrected chi connectivity index (χ1v) is 17.9. The molecule has 0 aliphatic carbocycles. The molecule has 5 atom stereocenters. The highest BCUT2D eigenvalue weighted by Gasteiger charge is 2.38. The van der Waals surface area contributed by atoms with Gasteiger partial charge < -0.3 is 44.9 Å². The molecule has 6 bridgehead atoms. The standard InChI is InChI=1S/C40H48N6O9/c1-23-36(48)41-22-35(47)44(3)30(18-25-8-13-28(53-6)14-9-25)37(49)43-24(2)39(51)46(5)32-19-26-10-15-29(16-11-26)55-34-21-27(12-17-33(34)54-7)20-31(38(50)42-23)45(4)40(32)52/h8-17,21,23-24,30-32H,18-20,22H2,1-7H3,(H,41,48)(H,42,50)(H,43,49)/t23-,24-,30+,31?,32+/m1/s1. The summed E-state index contributed by atoms with van der Waals surface area (Å²) in [5.41, 5.74) is 2.03. The Morgan fingerprint density at radius 3 is 1.95 bits per heavy atom. The van der Waals surface area contributed by atoms with Crippen molar-refractivity contribution >= 4 is 35.4 Å². The van der Waals surface area contributed by atoms with Crippen molar-refractivity contribution in [2.75, 3.05) is 41.9 Å². The maximum absolute atomic E-state index is 14.6. The molecular weight excluding hydrogens is 708 g/mol. The van der Waals surface area contributed by atoms with Crippen LogP contribution in [0.5, 0.6) is 23.0 Å². The normalized spacial score (nSPS) is 23.2. The van der Waals surface area contributed by atoms with Gasteiger partial charge in [0.25, 0.3) is 0 Å². The average molecular weight is 757 g/mol. The van der Waals surface area contributed by atoms with Crippen LogP contribution in [-0.4, -0.2) is 122 Å². The van der Waals surface area contributed by atoms with E-state index in [9.17, 15) is 28.8 Å². The predicted molar refractivity (Wildman–Crippen MR) is 202 cm³/mol. The monoisotopic (exact) mass is 756 g/mol. The van der Waals surface area contributed by atoms with Gasteiger partial charge in [-0.25, -0.2) is 0 Å². The number of nitrogens with zero attached hydrogens (tertiary/aromatic N) is 3. The zero-order valence-electron chi connectivity index (χ0n) is 32.1. The number of benzene rings is 3. The number of hydrogen-bond donors (Lipinski definition) is 3. The van der Waals surface area contributed by atoms with E-state index in [0.29, 0.717) is 39.7 Å². The van der Waals surface area contributed by atoms with Crippen LogP contribution >= 0.6 is 0 Å². The van der Waals surface area contributed by atoms with Crippen molar-refractivity contribution in [3.05, 3.63) is 83.4 Å². The van der Waals surface area contributed by atoms with Crippen LogP contribution in [0.2, 0.25) is 0 Å². The van der Waals surface area contributed by atoms with Crippen LogP contribution in [0.3, 0.4) is 0 Å². The summed E-state index contributed by atoms with van der Waals surface area (Å²) in [6, 6.07) is 13.6. The number of rotatable bonds is 4. The van der Waals surface area contributed by atoms with E-state index in [0.717, 1.165) is 0 Å². The van der Waals surface area contributed by atoms with Crippen molar-refractivity contribution in [2.24, 2.45) is 0 Å². The second kappa shape index (κ2) is 17.3. The van der Waals surface area contributed by atoms with E-state index in [1.807, 2.05) is 0 Å². The molecule has 3 aromatic carbocycles. The van der Waals surface area contributed by atoms with E-state index >= 15 is 0 Å². The number of fused-ring (bicyclic) bond motifs is 2. The molecule has 1 fully saturated rings. The largest absolute Gasteiger partial charge is 0.497 e. The lowest BCUT2D eigenvalue weighted by Gasteiger charge is -2.36. The molecule has 3 N–H and O–H groups in total. The zero-order chi connectivity index (χ0) is 40.0. The van der Waals surface area contributed by atoms with Gasteiger partial charge in [-0.1, -0.05) is 30.3 Å². The first-order valence-electron chi connectivity index (χ1n) is 17.9. The number of carbonyl (C=O) groups excluding carboxylic acids is 6. The summed E-state index contributed by atoms with van der Waals surface area (Å²) in [5.74, 6) is -1.62. The van der Waals surface area contributed by atoms with E-state index in [-0.39, 0.29) is 19.3 Å². The van der Waals surface area contributed by atoms with Gasteiger partial charge in [-0.15, -0.1) is 0 Å². The van der Waals surface area contributed by atoms with Crippen LogP contribution in [-0.2, 0) is 48.0 Å². The van der Waals surface area contributed by atoms with Gasteiger partial charge in [-0.3, -0.25) is 28.8 Å². The lowest BCUT2D eigenvalue weighted by atomic mass is 9.98. The summed E-state index contributed by atoms with van der Waals surface area (Å²) in [6.07, 6.45) is 0.152. The molecule has 3 aromatic rings. The van der Waals surface area contributed by atoms with Gasteiger partial charge in [0, 0.05) is 40.4 Å². The third-order valence-corrected chi connectivity index (χ3v) is 10.1. The summed E-state index contributed by atoms with van der Waals surface area (Å²) in [5, 5.41) is 8.01. The van der Waals surface area contributed by atoms with Crippen molar-refractivity contribution in [1.82, 2.24) is 30.7 Å². The number of carbonyl (C=O) groups is 6. The Hall–Kier alpha value is -6.12. The highest BCUT2D eigenvalue weighted by molar-refractivity contribution is 5.97. The third-order valence-electron chi connectivity index (χ3n) is 10.1. The molecule has 1 saturated heterocycles. The molecule has 0 saturated carbocycles. The van der Waals surface area contributed by atoms with Crippen molar-refractivity contribution in [2.45, 2.75) is 63.3 Å². The lowest BCUT2D eigenvalue weighted by Crippen LogP contribution is -2.60. The van der Waals surface area contributed by atoms with Gasteiger partial charge in [0.1, 0.15) is 41.7 Å². The highest BCUT2D eigenvalue weighted by atomic mass is 16.5. The molecular formula is C40H48N6O9. The van der Waals surface area contributed by atoms with Gasteiger partial charge >= 0.3 is 0 Å². The number of hydrogen-bond acceptors (Lipinski definition) is 9. The van der Waals surface area contributed by atoms with E-state index in [1.165, 1.54) is 63.9 Å². The Morgan fingerprint density at radius 2 is 1.29 bits per heavy atom. The van der Waals surface area contributed by atoms with Gasteiger partial charge in [0.2, 0.25) is 35.4 Å². The fourth-order valence-corrected chi connectivity index (χ4v) is 6.59. The minimum absolute atomic E-state index is 0.00998. The van der Waals surface area contributed by atoms with Crippen molar-refractivity contribution in [3.63, 3.8) is 0 Å². The van der Waals surface area contributed by atoms with Crippen molar-refractivity contribution in [1.29, 1.82) is 0 Å².